The number of methoxy groups -OCH3 is 1. The van der Waals surface area contributed by atoms with Gasteiger partial charge in [-0.1, -0.05) is 22.0 Å². The first-order valence-electron chi connectivity index (χ1n) is 8.72. The van der Waals surface area contributed by atoms with Gasteiger partial charge in [0.15, 0.2) is 5.54 Å². The molecule has 0 unspecified atom stereocenters. The van der Waals surface area contributed by atoms with Crippen LogP contribution in [0.3, 0.4) is 0 Å². The van der Waals surface area contributed by atoms with Gasteiger partial charge in [0.2, 0.25) is 0 Å². The van der Waals surface area contributed by atoms with Crippen LogP contribution in [0.4, 0.5) is 0 Å². The van der Waals surface area contributed by atoms with Gasteiger partial charge in [-0.25, -0.2) is 9.59 Å². The Morgan fingerprint density at radius 1 is 1.31 bits per heavy atom. The van der Waals surface area contributed by atoms with Crippen molar-refractivity contribution in [2.75, 3.05) is 20.3 Å². The largest absolute Gasteiger partial charge is 0.467 e. The maximum atomic E-state index is 13.3. The number of aryl methyl sites for hydroxylation is 1. The molecule has 0 N–H and O–H groups in total. The van der Waals surface area contributed by atoms with Gasteiger partial charge in [0.1, 0.15) is 0 Å². The zero-order chi connectivity index (χ0) is 21.3. The first-order valence-corrected chi connectivity index (χ1v) is 9.52. The molecule has 8 nitrogen and oxygen atoms in total. The van der Waals surface area contributed by atoms with Gasteiger partial charge < -0.3 is 9.47 Å². The monoisotopic (exact) mass is 462 g/mol. The second kappa shape index (κ2) is 7.92. The maximum absolute atomic E-state index is 13.3. The number of rotatable bonds is 4. The lowest BCUT2D eigenvalue weighted by atomic mass is 9.86. The van der Waals surface area contributed by atoms with Crippen molar-refractivity contribution >= 4 is 27.8 Å². The average Bonchev–Trinajstić information content (AvgIpc) is 3.15. The van der Waals surface area contributed by atoms with Gasteiger partial charge >= 0.3 is 11.7 Å². The summed E-state index contributed by atoms with van der Waals surface area (Å²) in [6.45, 7) is 5.18. The lowest BCUT2D eigenvalue weighted by molar-refractivity contribution is -0.153. The van der Waals surface area contributed by atoms with Crippen molar-refractivity contribution in [3.05, 3.63) is 79.6 Å². The Morgan fingerprint density at radius 3 is 2.55 bits per heavy atom. The Balaban J connectivity index is 2.30. The molecule has 2 aromatic rings. The molecule has 3 rings (SSSR count). The van der Waals surface area contributed by atoms with Crippen molar-refractivity contribution in [2.45, 2.75) is 12.5 Å². The van der Waals surface area contributed by atoms with Crippen molar-refractivity contribution in [2.24, 2.45) is 5.92 Å². The van der Waals surface area contributed by atoms with E-state index in [0.29, 0.717) is 4.57 Å². The summed E-state index contributed by atoms with van der Waals surface area (Å²) in [6.07, 6.45) is 2.76. The van der Waals surface area contributed by atoms with E-state index in [-0.39, 0.29) is 24.3 Å². The molecule has 29 heavy (non-hydrogen) atoms. The SMILES string of the molecule is C=C[C@H]1COC[C@]1(C(=O)OC)n1cc(C)c(=O)n(C(=O)c2ccc(Br)cc2)c1=O. The Bertz CT molecular complexity index is 1100. The van der Waals surface area contributed by atoms with Gasteiger partial charge in [-0.15, -0.1) is 6.58 Å². The summed E-state index contributed by atoms with van der Waals surface area (Å²) < 4.78 is 12.7. The smallest absolute Gasteiger partial charge is 0.339 e. The van der Waals surface area contributed by atoms with Crippen LogP contribution in [0.1, 0.15) is 15.9 Å². The summed E-state index contributed by atoms with van der Waals surface area (Å²) in [5.41, 5.74) is -2.99. The molecule has 9 heteroatoms. The minimum absolute atomic E-state index is 0.119. The van der Waals surface area contributed by atoms with E-state index in [1.807, 2.05) is 0 Å². The number of carbonyl (C=O) groups excluding carboxylic acids is 2. The summed E-state index contributed by atoms with van der Waals surface area (Å²) in [6, 6.07) is 6.24. The number of aromatic nitrogens is 2. The Hall–Kier alpha value is -2.78. The van der Waals surface area contributed by atoms with Crippen LogP contribution in [0, 0.1) is 12.8 Å². The van der Waals surface area contributed by atoms with E-state index in [1.165, 1.54) is 38.4 Å². The molecule has 0 aliphatic carbocycles. The van der Waals surface area contributed by atoms with Crippen LogP contribution >= 0.6 is 15.9 Å². The van der Waals surface area contributed by atoms with Gasteiger partial charge in [0.25, 0.3) is 11.5 Å². The summed E-state index contributed by atoms with van der Waals surface area (Å²) in [5.74, 6) is -2.09. The van der Waals surface area contributed by atoms with Crippen LogP contribution in [-0.2, 0) is 19.8 Å². The highest BCUT2D eigenvalue weighted by molar-refractivity contribution is 9.10. The lowest BCUT2D eigenvalue weighted by Gasteiger charge is -2.31. The zero-order valence-electron chi connectivity index (χ0n) is 15.9. The topological polar surface area (TPSA) is 96.6 Å². The highest BCUT2D eigenvalue weighted by Gasteiger charge is 2.53. The number of benzene rings is 1. The van der Waals surface area contributed by atoms with Gasteiger partial charge in [0.05, 0.1) is 20.3 Å². The Morgan fingerprint density at radius 2 is 1.97 bits per heavy atom. The average molecular weight is 463 g/mol. The van der Waals surface area contributed by atoms with E-state index >= 15 is 0 Å². The number of carbonyl (C=O) groups is 2. The van der Waals surface area contributed by atoms with E-state index in [9.17, 15) is 19.2 Å². The van der Waals surface area contributed by atoms with Crippen molar-refractivity contribution in [1.82, 2.24) is 9.13 Å². The van der Waals surface area contributed by atoms with Gasteiger partial charge in [-0.2, -0.15) is 4.57 Å². The quantitative estimate of drug-likeness (QED) is 0.504. The summed E-state index contributed by atoms with van der Waals surface area (Å²) in [4.78, 5) is 51.7. The third-order valence-electron chi connectivity index (χ3n) is 5.04. The maximum Gasteiger partial charge on any atom is 0.339 e. The minimum atomic E-state index is -1.56. The van der Waals surface area contributed by atoms with Gasteiger partial charge in [-0.3, -0.25) is 14.2 Å². The fourth-order valence-electron chi connectivity index (χ4n) is 3.44. The molecule has 1 aliphatic heterocycles. The van der Waals surface area contributed by atoms with E-state index < -0.39 is 34.6 Å². The molecular formula is C20H19BrN2O6. The molecule has 152 valence electrons. The van der Waals surface area contributed by atoms with Crippen LogP contribution < -0.4 is 11.2 Å². The number of nitrogens with zero attached hydrogens (tertiary/aromatic N) is 2. The summed E-state index contributed by atoms with van der Waals surface area (Å²) in [7, 11) is 1.20. The van der Waals surface area contributed by atoms with Crippen molar-refractivity contribution in [1.29, 1.82) is 0 Å². The predicted molar refractivity (Wildman–Crippen MR) is 108 cm³/mol. The number of ether oxygens (including phenoxy) is 2. The first kappa shape index (κ1) is 20.9. The van der Waals surface area contributed by atoms with Crippen molar-refractivity contribution in [3.8, 4) is 0 Å². The summed E-state index contributed by atoms with van der Waals surface area (Å²) >= 11 is 3.27. The van der Waals surface area contributed by atoms with Gasteiger partial charge in [-0.05, 0) is 31.2 Å². The lowest BCUT2D eigenvalue weighted by Crippen LogP contribution is -2.57. The molecule has 0 saturated carbocycles. The summed E-state index contributed by atoms with van der Waals surface area (Å²) in [5, 5.41) is 0. The second-order valence-corrected chi connectivity index (χ2v) is 7.61. The zero-order valence-corrected chi connectivity index (χ0v) is 17.5. The Kier molecular flexibility index (Phi) is 5.72. The van der Waals surface area contributed by atoms with E-state index in [4.69, 9.17) is 9.47 Å². The molecule has 2 atom stereocenters. The predicted octanol–water partition coefficient (Wildman–Crippen LogP) is 1.47. The molecule has 1 aromatic carbocycles. The highest BCUT2D eigenvalue weighted by atomic mass is 79.9. The van der Waals surface area contributed by atoms with Crippen LogP contribution in [0.2, 0.25) is 0 Å². The Labute approximate surface area is 174 Å². The van der Waals surface area contributed by atoms with Crippen LogP contribution in [0.15, 0.2) is 57.2 Å². The van der Waals surface area contributed by atoms with E-state index in [2.05, 4.69) is 22.5 Å². The second-order valence-electron chi connectivity index (χ2n) is 6.69. The van der Waals surface area contributed by atoms with Crippen molar-refractivity contribution in [3.63, 3.8) is 0 Å². The molecule has 1 aromatic heterocycles. The standard InChI is InChI=1S/C20H19BrN2O6/c1-4-14-10-29-11-20(14,18(26)28-3)22-9-12(2)16(24)23(19(22)27)17(25)13-5-7-15(21)8-6-13/h4-9,14H,1,10-11H2,2-3H3/t14-,20-/m0/s1. The van der Waals surface area contributed by atoms with Gasteiger partial charge in [0, 0.05) is 27.7 Å². The highest BCUT2D eigenvalue weighted by Crippen LogP contribution is 2.34. The normalized spacial score (nSPS) is 21.0. The van der Waals surface area contributed by atoms with E-state index in [0.717, 1.165) is 9.04 Å². The molecule has 0 amide bonds. The fraction of sp³-hybridized carbons (Fsp3) is 0.300. The number of hydrogen-bond acceptors (Lipinski definition) is 6. The first-order chi connectivity index (χ1) is 13.8. The molecule has 1 fully saturated rings. The third-order valence-corrected chi connectivity index (χ3v) is 5.57. The minimum Gasteiger partial charge on any atom is -0.467 e. The number of hydrogen-bond donors (Lipinski definition) is 0. The van der Waals surface area contributed by atoms with Crippen LogP contribution in [0.5, 0.6) is 0 Å². The fourth-order valence-corrected chi connectivity index (χ4v) is 3.71. The van der Waals surface area contributed by atoms with Crippen LogP contribution in [-0.4, -0.2) is 41.3 Å². The molecule has 0 spiro atoms. The molecular weight excluding hydrogens is 444 g/mol. The third kappa shape index (κ3) is 3.30. The van der Waals surface area contributed by atoms with Crippen molar-refractivity contribution < 1.29 is 19.1 Å². The molecule has 2 heterocycles. The molecule has 1 aliphatic rings. The molecule has 0 bridgehead atoms. The van der Waals surface area contributed by atoms with Crippen LogP contribution in [0.25, 0.3) is 0 Å². The number of halogens is 1. The van der Waals surface area contributed by atoms with E-state index in [1.54, 1.807) is 12.1 Å². The molecule has 0 radical (unpaired) electrons. The molecule has 1 saturated heterocycles. The number of esters is 1.